The first-order valence-electron chi connectivity index (χ1n) is 12.8. The van der Waals surface area contributed by atoms with E-state index in [1.165, 1.54) is 17.8 Å². The number of carbonyl (C=O) groups excluding carboxylic acids is 2. The summed E-state index contributed by atoms with van der Waals surface area (Å²) in [6.45, 7) is 9.28. The van der Waals surface area contributed by atoms with Gasteiger partial charge in [-0.3, -0.25) is 33.0 Å². The second-order valence-electron chi connectivity index (χ2n) is 10.8. The van der Waals surface area contributed by atoms with Crippen molar-refractivity contribution in [2.45, 2.75) is 76.5 Å². The fourth-order valence-electron chi connectivity index (χ4n) is 3.64. The Bertz CT molecular complexity index is 1400. The van der Waals surface area contributed by atoms with Crippen LogP contribution < -0.4 is 16.4 Å². The number of imidazole rings is 1. The number of esters is 1. The summed E-state index contributed by atoms with van der Waals surface area (Å²) >= 11 is 13.9. The minimum absolute atomic E-state index is 0.00356. The Morgan fingerprint density at radius 3 is 2.62 bits per heavy atom. The van der Waals surface area contributed by atoms with Crippen molar-refractivity contribution in [3.63, 3.8) is 0 Å². The number of aliphatic hydroxyl groups is 1. The van der Waals surface area contributed by atoms with Crippen molar-refractivity contribution in [2.24, 2.45) is 5.41 Å². The van der Waals surface area contributed by atoms with Gasteiger partial charge in [0, 0.05) is 11.2 Å². The van der Waals surface area contributed by atoms with Crippen LogP contribution in [0.15, 0.2) is 11.1 Å². The zero-order chi connectivity index (χ0) is 31.6. The second kappa shape index (κ2) is 13.5. The van der Waals surface area contributed by atoms with Gasteiger partial charge in [0.25, 0.3) is 5.56 Å². The summed E-state index contributed by atoms with van der Waals surface area (Å²) in [6, 6.07) is -1.11. The van der Waals surface area contributed by atoms with Crippen molar-refractivity contribution in [3.8, 4) is 0 Å². The molecule has 2 aromatic heterocycles. The van der Waals surface area contributed by atoms with Crippen molar-refractivity contribution in [3.05, 3.63) is 16.7 Å². The molecular weight excluding hydrogens is 638 g/mol. The average Bonchev–Trinajstić information content (AvgIpc) is 3.37. The van der Waals surface area contributed by atoms with Crippen LogP contribution in [-0.2, 0) is 32.7 Å². The van der Waals surface area contributed by atoms with Crippen molar-refractivity contribution in [1.29, 1.82) is 0 Å². The lowest BCUT2D eigenvalue weighted by molar-refractivity contribution is -0.149. The molecule has 0 aliphatic carbocycles. The molecule has 1 saturated heterocycles. The van der Waals surface area contributed by atoms with Gasteiger partial charge >= 0.3 is 13.7 Å². The molecule has 0 bridgehead atoms. The maximum atomic E-state index is 13.7. The van der Waals surface area contributed by atoms with E-state index in [9.17, 15) is 24.1 Å². The molecule has 0 radical (unpaired) electrons. The van der Waals surface area contributed by atoms with Crippen LogP contribution >= 0.6 is 42.7 Å². The highest BCUT2D eigenvalue weighted by molar-refractivity contribution is 8.13. The molecule has 1 aliphatic heterocycles. The number of nitrogens with two attached hydrogens (primary N) is 1. The number of rotatable bonds is 12. The number of nitrogens with zero attached hydrogens (tertiary/aromatic N) is 3. The van der Waals surface area contributed by atoms with Crippen LogP contribution in [0.1, 0.15) is 47.8 Å². The van der Waals surface area contributed by atoms with Gasteiger partial charge in [0.1, 0.15) is 18.2 Å². The summed E-state index contributed by atoms with van der Waals surface area (Å²) in [5.74, 6) is -0.754. The molecule has 0 saturated carbocycles. The first-order chi connectivity index (χ1) is 19.4. The lowest BCUT2D eigenvalue weighted by Crippen LogP contribution is -2.39. The summed E-state index contributed by atoms with van der Waals surface area (Å²) < 4.78 is 35.0. The molecule has 0 spiro atoms. The highest BCUT2D eigenvalue weighted by Crippen LogP contribution is 2.50. The molecule has 42 heavy (non-hydrogen) atoms. The van der Waals surface area contributed by atoms with E-state index < -0.39 is 66.2 Å². The summed E-state index contributed by atoms with van der Waals surface area (Å²) in [6.07, 6.45) is -3.42. The Kier molecular flexibility index (Phi) is 11.2. The fraction of sp³-hybridized carbons (Fsp3) is 0.696. The summed E-state index contributed by atoms with van der Waals surface area (Å²) in [5, 5.41) is 13.3. The molecule has 3 rings (SSSR count). The normalized spacial score (nSPS) is 22.8. The Morgan fingerprint density at radius 2 is 2.00 bits per heavy atom. The Labute approximate surface area is 256 Å². The second-order valence-corrected chi connectivity index (χ2v) is 15.1. The highest BCUT2D eigenvalue weighted by atomic mass is 35.5. The Balaban J connectivity index is 1.77. The number of ether oxygens (including phenoxy) is 2. The Hall–Kier alpha value is -1.75. The number of H-pyrrole nitrogens is 1. The number of halogens is 2. The molecule has 0 amide bonds. The van der Waals surface area contributed by atoms with Gasteiger partial charge in [-0.2, -0.15) is 4.98 Å². The molecule has 15 nitrogen and oxygen atoms in total. The van der Waals surface area contributed by atoms with E-state index in [0.29, 0.717) is 0 Å². The number of aromatic nitrogens is 4. The van der Waals surface area contributed by atoms with E-state index in [-0.39, 0.29) is 34.6 Å². The molecule has 3 heterocycles. The lowest BCUT2D eigenvalue weighted by Gasteiger charge is -2.25. The quantitative estimate of drug-likeness (QED) is 0.110. The van der Waals surface area contributed by atoms with E-state index >= 15 is 0 Å². The fourth-order valence-corrected chi connectivity index (χ4v) is 6.62. The van der Waals surface area contributed by atoms with E-state index in [1.807, 2.05) is 0 Å². The van der Waals surface area contributed by atoms with Gasteiger partial charge in [-0.1, -0.05) is 55.7 Å². The number of anilines is 1. The molecule has 5 atom stereocenters. The van der Waals surface area contributed by atoms with Gasteiger partial charge in [0.05, 0.1) is 25.6 Å². The van der Waals surface area contributed by atoms with Crippen molar-refractivity contribution < 1.29 is 37.8 Å². The number of thioether (sulfide) groups is 1. The highest BCUT2D eigenvalue weighted by Gasteiger charge is 2.56. The zero-order valence-electron chi connectivity index (χ0n) is 23.8. The largest absolute Gasteiger partial charge is 0.462 e. The van der Waals surface area contributed by atoms with Gasteiger partial charge < -0.3 is 20.3 Å². The maximum Gasteiger partial charge on any atom is 0.406 e. The summed E-state index contributed by atoms with van der Waals surface area (Å²) in [4.78, 5) is 47.1. The van der Waals surface area contributed by atoms with E-state index in [2.05, 4.69) is 20.0 Å². The number of hydrogen-bond acceptors (Lipinski definition) is 13. The van der Waals surface area contributed by atoms with E-state index in [0.717, 1.165) is 11.8 Å². The molecular formula is C23H35Cl2N6O9PS. The van der Waals surface area contributed by atoms with Crippen LogP contribution in [-0.4, -0.2) is 83.4 Å². The molecule has 1 fully saturated rings. The predicted octanol–water partition coefficient (Wildman–Crippen LogP) is 2.51. The third-order valence-corrected chi connectivity index (χ3v) is 9.52. The van der Waals surface area contributed by atoms with Gasteiger partial charge in [-0.05, 0) is 20.8 Å². The minimum Gasteiger partial charge on any atom is -0.462 e. The average molecular weight is 674 g/mol. The minimum atomic E-state index is -4.27. The molecule has 2 aromatic rings. The molecule has 0 aromatic carbocycles. The zero-order valence-corrected chi connectivity index (χ0v) is 27.1. The number of fused-ring (bicyclic) bond motifs is 1. The number of nitrogens with one attached hydrogen (secondary N) is 2. The predicted molar refractivity (Wildman–Crippen MR) is 157 cm³/mol. The molecule has 19 heteroatoms. The summed E-state index contributed by atoms with van der Waals surface area (Å²) in [5.41, 5.74) is 4.38. The Morgan fingerprint density at radius 1 is 1.33 bits per heavy atom. The van der Waals surface area contributed by atoms with Gasteiger partial charge in [0.2, 0.25) is 5.95 Å². The standard InChI is InChI=1S/C23H35Cl2N6O9PS/c1-11(2)39-18(34)12(3)30-41(36,37-7-8-42-20(35)22(4,5)6)38-9-13-15(32)23(24,25)19(40-13)31-10-27-14-16(31)28-21(26)29-17(14)33/h10-13,15,19,32H,7-9H2,1-6H3,(H,30,36)(H3,26,28,29,33)/t12-,13-,15-,19-,41-/m1/s1. The maximum absolute atomic E-state index is 13.7. The first kappa shape index (κ1) is 34.7. The van der Waals surface area contributed by atoms with Crippen LogP contribution in [0.5, 0.6) is 0 Å². The van der Waals surface area contributed by atoms with Crippen molar-refractivity contribution in [2.75, 3.05) is 24.7 Å². The van der Waals surface area contributed by atoms with Crippen LogP contribution in [0.2, 0.25) is 0 Å². The topological polar surface area (TPSA) is 210 Å². The van der Waals surface area contributed by atoms with Gasteiger partial charge in [0.15, 0.2) is 26.8 Å². The molecule has 5 N–H and O–H groups in total. The van der Waals surface area contributed by atoms with E-state index in [4.69, 9.17) is 47.5 Å². The number of carbonyl (C=O) groups is 2. The number of aromatic amines is 1. The third kappa shape index (κ3) is 8.24. The monoisotopic (exact) mass is 672 g/mol. The van der Waals surface area contributed by atoms with Crippen LogP contribution in [0, 0.1) is 5.41 Å². The summed E-state index contributed by atoms with van der Waals surface area (Å²) in [7, 11) is -4.27. The number of alkyl halides is 2. The smallest absolute Gasteiger partial charge is 0.406 e. The number of aliphatic hydroxyl groups excluding tert-OH is 1. The van der Waals surface area contributed by atoms with Crippen molar-refractivity contribution in [1.82, 2.24) is 24.6 Å². The number of nitrogen functional groups attached to an aromatic ring is 1. The SMILES string of the molecule is CC(C)OC(=O)[C@@H](C)N[P@@](=O)(OCCSC(=O)C(C)(C)C)OC[C@H]1O[C@@H](n2cnc3c(=O)[nH]c(N)nc32)C(Cl)(Cl)[C@@H]1O. The first-order valence-corrected chi connectivity index (χ1v) is 16.1. The third-order valence-electron chi connectivity index (χ3n) is 5.74. The van der Waals surface area contributed by atoms with Crippen LogP contribution in [0.25, 0.3) is 11.2 Å². The van der Waals surface area contributed by atoms with Gasteiger partial charge in [-0.25, -0.2) is 14.6 Å². The molecule has 236 valence electrons. The van der Waals surface area contributed by atoms with Crippen molar-refractivity contribution >= 4 is 70.9 Å². The van der Waals surface area contributed by atoms with Gasteiger partial charge in [-0.15, -0.1) is 0 Å². The van der Waals surface area contributed by atoms with Crippen LogP contribution in [0.4, 0.5) is 5.95 Å². The molecule has 1 aliphatic rings. The van der Waals surface area contributed by atoms with Crippen LogP contribution in [0.3, 0.4) is 0 Å². The lowest BCUT2D eigenvalue weighted by atomic mass is 10.00. The van der Waals surface area contributed by atoms with E-state index in [1.54, 1.807) is 34.6 Å². The number of hydrogen-bond donors (Lipinski definition) is 4. The molecule has 0 unspecified atom stereocenters.